The first-order valence-corrected chi connectivity index (χ1v) is 10.1. The molecule has 1 N–H and O–H groups in total. The first-order valence-electron chi connectivity index (χ1n) is 10.1. The zero-order chi connectivity index (χ0) is 20.1. The van der Waals surface area contributed by atoms with Crippen molar-refractivity contribution in [1.29, 1.82) is 0 Å². The molecule has 7 nitrogen and oxygen atoms in total. The lowest BCUT2D eigenvalue weighted by Gasteiger charge is -2.20. The van der Waals surface area contributed by atoms with Crippen molar-refractivity contribution in [2.24, 2.45) is 0 Å². The number of hydrogen-bond acceptors (Lipinski definition) is 4. The molecule has 0 aliphatic carbocycles. The number of likely N-dealkylation sites (N-methyl/N-ethyl adjacent to an activating group) is 1. The van der Waals surface area contributed by atoms with Gasteiger partial charge in [-0.05, 0) is 56.7 Å². The van der Waals surface area contributed by atoms with Crippen molar-refractivity contribution >= 4 is 11.8 Å². The molecule has 2 aromatic heterocycles. The number of nitrogens with one attached hydrogen (secondary N) is 1. The quantitative estimate of drug-likeness (QED) is 0.796. The van der Waals surface area contributed by atoms with Crippen molar-refractivity contribution in [2.45, 2.75) is 58.5 Å². The average Bonchev–Trinajstić information content (AvgIpc) is 3.12. The molecule has 0 saturated heterocycles. The number of pyridine rings is 1. The van der Waals surface area contributed by atoms with Crippen LogP contribution in [0.25, 0.3) is 0 Å². The van der Waals surface area contributed by atoms with Crippen LogP contribution in [0.15, 0.2) is 24.5 Å². The molecule has 0 fully saturated rings. The number of carbonyl (C=O) groups is 2. The zero-order valence-electron chi connectivity index (χ0n) is 16.9. The van der Waals surface area contributed by atoms with E-state index in [1.807, 2.05) is 30.5 Å². The predicted molar refractivity (Wildman–Crippen MR) is 107 cm³/mol. The van der Waals surface area contributed by atoms with Crippen LogP contribution in [0.2, 0.25) is 0 Å². The van der Waals surface area contributed by atoms with Crippen LogP contribution in [0, 0.1) is 0 Å². The molecule has 1 aliphatic rings. The number of aromatic nitrogens is 3. The van der Waals surface area contributed by atoms with Gasteiger partial charge in [-0.2, -0.15) is 0 Å². The van der Waals surface area contributed by atoms with Crippen LogP contribution < -0.4 is 5.32 Å². The summed E-state index contributed by atoms with van der Waals surface area (Å²) in [5.41, 5.74) is 2.43. The van der Waals surface area contributed by atoms with Gasteiger partial charge >= 0.3 is 0 Å². The molecular formula is C21H29N5O2. The van der Waals surface area contributed by atoms with E-state index >= 15 is 0 Å². The van der Waals surface area contributed by atoms with E-state index in [-0.39, 0.29) is 17.9 Å². The van der Waals surface area contributed by atoms with Gasteiger partial charge in [0.1, 0.15) is 5.69 Å². The van der Waals surface area contributed by atoms with E-state index < -0.39 is 0 Å². The Labute approximate surface area is 166 Å². The van der Waals surface area contributed by atoms with Gasteiger partial charge in [0.25, 0.3) is 11.8 Å². The Kier molecular flexibility index (Phi) is 6.44. The maximum atomic E-state index is 13.1. The van der Waals surface area contributed by atoms with Crippen LogP contribution in [0.3, 0.4) is 0 Å². The van der Waals surface area contributed by atoms with Gasteiger partial charge in [-0.1, -0.05) is 6.92 Å². The summed E-state index contributed by atoms with van der Waals surface area (Å²) in [5.74, 6) is 0.0551. The van der Waals surface area contributed by atoms with Gasteiger partial charge < -0.3 is 14.8 Å². The highest BCUT2D eigenvalue weighted by Crippen LogP contribution is 2.22. The molecule has 1 unspecified atom stereocenters. The molecule has 150 valence electrons. The molecule has 0 spiro atoms. The minimum atomic E-state index is -0.182. The second kappa shape index (κ2) is 8.99. The van der Waals surface area contributed by atoms with E-state index in [9.17, 15) is 9.59 Å². The Bertz CT molecular complexity index is 831. The first-order chi connectivity index (χ1) is 13.5. The van der Waals surface area contributed by atoms with Gasteiger partial charge in [0.05, 0.1) is 5.69 Å². The molecule has 3 rings (SSSR count). The lowest BCUT2D eigenvalue weighted by Crippen LogP contribution is -2.33. The number of amides is 2. The molecule has 0 radical (unpaired) electrons. The lowest BCUT2D eigenvalue weighted by molar-refractivity contribution is 0.0778. The number of imidazole rings is 1. The minimum Gasteiger partial charge on any atom is -0.348 e. The number of carbonyl (C=O) groups excluding carboxylic acids is 2. The van der Waals surface area contributed by atoms with Crippen LogP contribution in [0.5, 0.6) is 0 Å². The Hall–Kier alpha value is -2.70. The third kappa shape index (κ3) is 4.40. The number of rotatable bonds is 7. The molecule has 0 saturated carbocycles. The van der Waals surface area contributed by atoms with E-state index in [0.29, 0.717) is 18.1 Å². The van der Waals surface area contributed by atoms with Gasteiger partial charge in [0.2, 0.25) is 0 Å². The second-order valence-corrected chi connectivity index (χ2v) is 7.45. The van der Waals surface area contributed by atoms with E-state index in [2.05, 4.69) is 15.3 Å². The highest BCUT2D eigenvalue weighted by atomic mass is 16.2. The monoisotopic (exact) mass is 383 g/mol. The van der Waals surface area contributed by atoms with E-state index in [4.69, 9.17) is 0 Å². The fraction of sp³-hybridized carbons (Fsp3) is 0.524. The molecule has 7 heteroatoms. The summed E-state index contributed by atoms with van der Waals surface area (Å²) in [6, 6.07) is 3.98. The topological polar surface area (TPSA) is 80.1 Å². The smallest absolute Gasteiger partial charge is 0.289 e. The second-order valence-electron chi connectivity index (χ2n) is 7.45. The molecule has 2 amide bonds. The van der Waals surface area contributed by atoms with Crippen LogP contribution in [-0.2, 0) is 19.4 Å². The maximum absolute atomic E-state index is 13.1. The summed E-state index contributed by atoms with van der Waals surface area (Å²) in [6.45, 7) is 5.32. The van der Waals surface area contributed by atoms with Crippen molar-refractivity contribution in [1.82, 2.24) is 24.8 Å². The van der Waals surface area contributed by atoms with Gasteiger partial charge in [0.15, 0.2) is 5.82 Å². The predicted octanol–water partition coefficient (Wildman–Crippen LogP) is 2.46. The molecule has 1 aliphatic heterocycles. The Balaban J connectivity index is 1.78. The molecule has 1 atom stereocenters. The average molecular weight is 383 g/mol. The molecule has 0 bridgehead atoms. The Morgan fingerprint density at radius 2 is 2.04 bits per heavy atom. The number of hydrogen-bond donors (Lipinski definition) is 1. The van der Waals surface area contributed by atoms with Crippen LogP contribution in [0.4, 0.5) is 0 Å². The lowest BCUT2D eigenvalue weighted by atomic mass is 10.1. The number of fused-ring (bicyclic) bond motifs is 1. The summed E-state index contributed by atoms with van der Waals surface area (Å²) < 4.78 is 1.94. The van der Waals surface area contributed by atoms with E-state index in [1.54, 1.807) is 24.3 Å². The van der Waals surface area contributed by atoms with Crippen LogP contribution in [0.1, 0.15) is 65.5 Å². The third-order valence-electron chi connectivity index (χ3n) is 5.35. The van der Waals surface area contributed by atoms with Gasteiger partial charge in [-0.3, -0.25) is 14.6 Å². The standard InChI is InChI=1S/C21H29N5O2/c1-4-15(2)23-20(27)18-17-7-5-6-13-26(17)19(24-18)21(28)25(3)14-10-16-8-11-22-12-9-16/h8-9,11-12,15H,4-7,10,13-14H2,1-3H3,(H,23,27). The molecule has 0 aromatic carbocycles. The highest BCUT2D eigenvalue weighted by Gasteiger charge is 2.29. The van der Waals surface area contributed by atoms with E-state index in [1.165, 1.54) is 0 Å². The minimum absolute atomic E-state index is 0.0793. The largest absolute Gasteiger partial charge is 0.348 e. The Morgan fingerprint density at radius 1 is 1.29 bits per heavy atom. The fourth-order valence-corrected chi connectivity index (χ4v) is 3.40. The molecule has 2 aromatic rings. The summed E-state index contributed by atoms with van der Waals surface area (Å²) in [7, 11) is 1.78. The van der Waals surface area contributed by atoms with Gasteiger partial charge in [0, 0.05) is 38.6 Å². The molecule has 28 heavy (non-hydrogen) atoms. The highest BCUT2D eigenvalue weighted by molar-refractivity contribution is 5.97. The van der Waals surface area contributed by atoms with Gasteiger partial charge in [-0.15, -0.1) is 0 Å². The van der Waals surface area contributed by atoms with Crippen LogP contribution in [-0.4, -0.2) is 50.9 Å². The third-order valence-corrected chi connectivity index (χ3v) is 5.35. The van der Waals surface area contributed by atoms with Crippen molar-refractivity contribution in [2.75, 3.05) is 13.6 Å². The summed E-state index contributed by atoms with van der Waals surface area (Å²) in [4.78, 5) is 35.9. The van der Waals surface area contributed by atoms with Crippen molar-refractivity contribution in [3.8, 4) is 0 Å². The molecular weight excluding hydrogens is 354 g/mol. The fourth-order valence-electron chi connectivity index (χ4n) is 3.40. The van der Waals surface area contributed by atoms with Crippen molar-refractivity contribution < 1.29 is 9.59 Å². The first kappa shape index (κ1) is 20.0. The summed E-state index contributed by atoms with van der Waals surface area (Å²) >= 11 is 0. The van der Waals surface area contributed by atoms with Crippen molar-refractivity contribution in [3.05, 3.63) is 47.3 Å². The SMILES string of the molecule is CCC(C)NC(=O)c1nc(C(=O)N(C)CCc2ccncc2)n2c1CCCC2. The summed E-state index contributed by atoms with van der Waals surface area (Å²) in [5, 5.41) is 2.98. The van der Waals surface area contributed by atoms with Crippen LogP contribution >= 0.6 is 0 Å². The normalized spacial score (nSPS) is 14.2. The van der Waals surface area contributed by atoms with Crippen molar-refractivity contribution in [3.63, 3.8) is 0 Å². The van der Waals surface area contributed by atoms with Gasteiger partial charge in [-0.25, -0.2) is 4.98 Å². The zero-order valence-corrected chi connectivity index (χ0v) is 16.9. The maximum Gasteiger partial charge on any atom is 0.289 e. The molecule has 3 heterocycles. The number of nitrogens with zero attached hydrogens (tertiary/aromatic N) is 4. The Morgan fingerprint density at radius 3 is 2.75 bits per heavy atom. The van der Waals surface area contributed by atoms with E-state index in [0.717, 1.165) is 49.9 Å². The summed E-state index contributed by atoms with van der Waals surface area (Å²) in [6.07, 6.45) is 7.90.